The Hall–Kier alpha value is -2.96. The van der Waals surface area contributed by atoms with Crippen molar-refractivity contribution < 1.29 is 9.59 Å². The predicted molar refractivity (Wildman–Crippen MR) is 108 cm³/mol. The van der Waals surface area contributed by atoms with Gasteiger partial charge in [0.2, 0.25) is 11.8 Å². The minimum atomic E-state index is -0.167. The van der Waals surface area contributed by atoms with E-state index in [9.17, 15) is 14.4 Å². The largest absolute Gasteiger partial charge is 0.341 e. The van der Waals surface area contributed by atoms with Gasteiger partial charge in [0.15, 0.2) is 0 Å². The van der Waals surface area contributed by atoms with Crippen LogP contribution in [0.25, 0.3) is 0 Å². The average Bonchev–Trinajstić information content (AvgIpc) is 2.75. The van der Waals surface area contributed by atoms with Crippen molar-refractivity contribution in [3.63, 3.8) is 0 Å². The number of aromatic nitrogens is 2. The maximum Gasteiger partial charge on any atom is 0.250 e. The van der Waals surface area contributed by atoms with Gasteiger partial charge in [-0.1, -0.05) is 12.1 Å². The summed E-state index contributed by atoms with van der Waals surface area (Å²) in [6, 6.07) is 10.9. The van der Waals surface area contributed by atoms with Gasteiger partial charge >= 0.3 is 0 Å². The number of fused-ring (bicyclic) bond motifs is 1. The van der Waals surface area contributed by atoms with Crippen LogP contribution < -0.4 is 5.56 Å². The van der Waals surface area contributed by atoms with Crippen LogP contribution >= 0.6 is 0 Å². The van der Waals surface area contributed by atoms with Crippen LogP contribution in [0, 0.1) is 5.92 Å². The molecule has 0 saturated carbocycles. The lowest BCUT2D eigenvalue weighted by molar-refractivity contribution is -0.144. The topological polar surface area (TPSA) is 75.5 Å². The van der Waals surface area contributed by atoms with Crippen molar-refractivity contribution in [1.82, 2.24) is 19.4 Å². The Morgan fingerprint density at radius 1 is 1.10 bits per heavy atom. The molecule has 152 valence electrons. The van der Waals surface area contributed by atoms with E-state index < -0.39 is 0 Å². The molecule has 7 nitrogen and oxygen atoms in total. The third-order valence-electron chi connectivity index (χ3n) is 6.04. The lowest BCUT2D eigenvalue weighted by atomic mass is 9.83. The van der Waals surface area contributed by atoms with Gasteiger partial charge in [0, 0.05) is 62.7 Å². The number of nitrogens with zero attached hydrogens (tertiary/aromatic N) is 4. The van der Waals surface area contributed by atoms with Gasteiger partial charge < -0.3 is 14.4 Å². The first-order chi connectivity index (χ1) is 14.1. The van der Waals surface area contributed by atoms with Gasteiger partial charge in [0.1, 0.15) is 6.54 Å². The molecular formula is C22H26N4O3. The zero-order chi connectivity index (χ0) is 20.2. The number of pyridine rings is 2. The number of hydrogen-bond acceptors (Lipinski definition) is 4. The number of carbonyl (C=O) groups excluding carboxylic acids is 2. The van der Waals surface area contributed by atoms with Crippen LogP contribution in [-0.4, -0.2) is 56.8 Å². The molecule has 0 unspecified atom stereocenters. The summed E-state index contributed by atoms with van der Waals surface area (Å²) in [6.45, 7) is 2.01. The van der Waals surface area contributed by atoms with Gasteiger partial charge in [-0.3, -0.25) is 19.4 Å². The van der Waals surface area contributed by atoms with Gasteiger partial charge in [-0.25, -0.2) is 0 Å². The third-order valence-corrected chi connectivity index (χ3v) is 6.04. The monoisotopic (exact) mass is 394 g/mol. The van der Waals surface area contributed by atoms with Gasteiger partial charge in [-0.05, 0) is 37.0 Å². The van der Waals surface area contributed by atoms with Crippen LogP contribution in [0.4, 0.5) is 0 Å². The average molecular weight is 394 g/mol. The molecule has 2 saturated heterocycles. The summed E-state index contributed by atoms with van der Waals surface area (Å²) in [5, 5.41) is 0. The zero-order valence-electron chi connectivity index (χ0n) is 16.4. The van der Waals surface area contributed by atoms with Crippen molar-refractivity contribution in [2.24, 2.45) is 5.92 Å². The van der Waals surface area contributed by atoms with E-state index in [2.05, 4.69) is 4.98 Å². The SMILES string of the molecule is O=C(Cn1ccccc1=O)N1CC[C@@H]2[C@@H](CCC(=O)N2CCc2ccccn2)C1. The number of likely N-dealkylation sites (tertiary alicyclic amines) is 2. The predicted octanol–water partition coefficient (Wildman–Crippen LogP) is 1.33. The number of amides is 2. The molecule has 0 aliphatic carbocycles. The molecule has 0 aromatic carbocycles. The number of hydrogen-bond donors (Lipinski definition) is 0. The molecule has 0 N–H and O–H groups in total. The number of piperidine rings is 2. The molecule has 2 aliphatic rings. The van der Waals surface area contributed by atoms with Crippen molar-refractivity contribution in [2.45, 2.75) is 38.3 Å². The van der Waals surface area contributed by atoms with E-state index in [4.69, 9.17) is 0 Å². The summed E-state index contributed by atoms with van der Waals surface area (Å²) in [4.78, 5) is 45.4. The summed E-state index contributed by atoms with van der Waals surface area (Å²) in [6.07, 6.45) is 6.30. The fourth-order valence-corrected chi connectivity index (χ4v) is 4.49. The molecule has 2 aromatic rings. The van der Waals surface area contributed by atoms with Crippen LogP contribution in [0.3, 0.4) is 0 Å². The first-order valence-electron chi connectivity index (χ1n) is 10.2. The second-order valence-corrected chi connectivity index (χ2v) is 7.82. The maximum absolute atomic E-state index is 12.7. The summed E-state index contributed by atoms with van der Waals surface area (Å²) in [5.74, 6) is 0.466. The van der Waals surface area contributed by atoms with Crippen LogP contribution in [-0.2, 0) is 22.6 Å². The van der Waals surface area contributed by atoms with Crippen LogP contribution in [0.2, 0.25) is 0 Å². The molecule has 2 aromatic heterocycles. The van der Waals surface area contributed by atoms with E-state index in [1.54, 1.807) is 24.5 Å². The highest BCUT2D eigenvalue weighted by molar-refractivity contribution is 5.78. The molecule has 7 heteroatoms. The molecule has 0 radical (unpaired) electrons. The minimum Gasteiger partial charge on any atom is -0.341 e. The van der Waals surface area contributed by atoms with Gasteiger partial charge in [-0.15, -0.1) is 0 Å². The van der Waals surface area contributed by atoms with Crippen molar-refractivity contribution in [3.05, 3.63) is 64.8 Å². The lowest BCUT2D eigenvalue weighted by Gasteiger charge is -2.47. The Kier molecular flexibility index (Phi) is 5.74. The highest BCUT2D eigenvalue weighted by Gasteiger charge is 2.40. The van der Waals surface area contributed by atoms with Crippen molar-refractivity contribution in [2.75, 3.05) is 19.6 Å². The molecule has 4 rings (SSSR count). The summed E-state index contributed by atoms with van der Waals surface area (Å²) < 4.78 is 1.44. The summed E-state index contributed by atoms with van der Waals surface area (Å²) >= 11 is 0. The second-order valence-electron chi connectivity index (χ2n) is 7.82. The molecule has 2 fully saturated rings. The summed E-state index contributed by atoms with van der Waals surface area (Å²) in [5.41, 5.74) is 0.822. The molecular weight excluding hydrogens is 368 g/mol. The Morgan fingerprint density at radius 2 is 1.97 bits per heavy atom. The summed E-state index contributed by atoms with van der Waals surface area (Å²) in [7, 11) is 0. The van der Waals surface area contributed by atoms with Crippen molar-refractivity contribution in [3.8, 4) is 0 Å². The first-order valence-corrected chi connectivity index (χ1v) is 10.2. The second kappa shape index (κ2) is 8.59. The Balaban J connectivity index is 1.38. The third kappa shape index (κ3) is 4.39. The number of rotatable bonds is 5. The van der Waals surface area contributed by atoms with Crippen LogP contribution in [0.15, 0.2) is 53.6 Å². The van der Waals surface area contributed by atoms with E-state index in [0.29, 0.717) is 32.0 Å². The normalized spacial score (nSPS) is 21.7. The molecule has 0 spiro atoms. The lowest BCUT2D eigenvalue weighted by Crippen LogP contribution is -2.57. The van der Waals surface area contributed by atoms with Gasteiger partial charge in [-0.2, -0.15) is 0 Å². The fourth-order valence-electron chi connectivity index (χ4n) is 4.49. The van der Waals surface area contributed by atoms with Gasteiger partial charge in [0.05, 0.1) is 0 Å². The highest BCUT2D eigenvalue weighted by atomic mass is 16.2. The minimum absolute atomic E-state index is 0.0336. The van der Waals surface area contributed by atoms with E-state index >= 15 is 0 Å². The van der Waals surface area contributed by atoms with E-state index in [1.165, 1.54) is 10.6 Å². The van der Waals surface area contributed by atoms with E-state index in [0.717, 1.165) is 25.0 Å². The smallest absolute Gasteiger partial charge is 0.250 e. The Bertz CT molecular complexity index is 927. The van der Waals surface area contributed by atoms with Crippen molar-refractivity contribution in [1.29, 1.82) is 0 Å². The first kappa shape index (κ1) is 19.4. The molecule has 0 bridgehead atoms. The van der Waals surface area contributed by atoms with E-state index in [1.807, 2.05) is 28.0 Å². The van der Waals surface area contributed by atoms with Gasteiger partial charge in [0.25, 0.3) is 5.56 Å². The van der Waals surface area contributed by atoms with Crippen LogP contribution in [0.1, 0.15) is 25.0 Å². The quantitative estimate of drug-likeness (QED) is 0.767. The molecule has 29 heavy (non-hydrogen) atoms. The van der Waals surface area contributed by atoms with Crippen molar-refractivity contribution >= 4 is 11.8 Å². The molecule has 4 heterocycles. The number of carbonyl (C=O) groups is 2. The molecule has 2 amide bonds. The zero-order valence-corrected chi connectivity index (χ0v) is 16.4. The Morgan fingerprint density at radius 3 is 2.76 bits per heavy atom. The molecule has 2 aliphatic heterocycles. The molecule has 2 atom stereocenters. The standard InChI is InChI=1S/C22H26N4O3/c27-20-6-2-4-12-24(20)16-22(29)25-13-10-19-17(15-25)7-8-21(28)26(19)14-9-18-5-1-3-11-23-18/h1-6,11-12,17,19H,7-10,13-16H2/t17-,19+/m0/s1. The van der Waals surface area contributed by atoms with Crippen LogP contribution in [0.5, 0.6) is 0 Å². The van der Waals surface area contributed by atoms with E-state index in [-0.39, 0.29) is 30.0 Å². The maximum atomic E-state index is 12.7. The highest BCUT2D eigenvalue weighted by Crippen LogP contribution is 2.31. The fraction of sp³-hybridized carbons (Fsp3) is 0.455. The Labute approximate surface area is 170 Å².